The monoisotopic (exact) mass is 1340 g/mol. The van der Waals surface area contributed by atoms with Crippen molar-refractivity contribution in [2.75, 3.05) is 9.80 Å². The molecule has 0 fully saturated rings. The van der Waals surface area contributed by atoms with Crippen LogP contribution in [0.2, 0.25) is 0 Å². The predicted octanol–water partition coefficient (Wildman–Crippen LogP) is 27.8. The van der Waals surface area contributed by atoms with Gasteiger partial charge < -0.3 is 32.2 Å². The molecule has 105 heavy (non-hydrogen) atoms. The standard InChI is InChI=1S/C98H62N4O3/c1-4-20-61(21-5-1)69-50-70(52-76(51-69)100(88-35-18-32-82-80-31-15-17-37-94(80)104-97(82)88)74-44-47-78-85-54-65-23-11-13-25-67(65)57-90(85)102(92(78)59-74)72-28-8-3-9-29-72)63-40-38-62(39-41-63)68-42-49-95-86(55-68)83-33-19-34-87(98(83)105-95)99(75-45-48-81-79-30-14-16-36-93(79)103-96(81)60-75)73-43-46-77-84-53-64-22-10-12-24-66(64)56-89(84)101(91(77)58-73)71-26-6-2-7-27-71/h1-38,40,42-60H,39,41H2. The fraction of sp³-hybridized carbons (Fsp3) is 0.0204. The van der Waals surface area contributed by atoms with Crippen molar-refractivity contribution < 1.29 is 13.3 Å². The molecule has 0 atom stereocenters. The number of furan rings is 3. The summed E-state index contributed by atoms with van der Waals surface area (Å²) >= 11 is 0. The molecule has 5 heterocycles. The van der Waals surface area contributed by atoms with E-state index in [9.17, 15) is 0 Å². The third kappa shape index (κ3) is 9.45. The Balaban J connectivity index is 0.682. The molecule has 0 spiro atoms. The van der Waals surface area contributed by atoms with E-state index in [4.69, 9.17) is 13.3 Å². The van der Waals surface area contributed by atoms with Crippen molar-refractivity contribution in [3.63, 3.8) is 0 Å². The van der Waals surface area contributed by atoms with Gasteiger partial charge in [-0.25, -0.2) is 0 Å². The van der Waals surface area contributed by atoms with Gasteiger partial charge in [0.1, 0.15) is 22.3 Å². The van der Waals surface area contributed by atoms with E-state index in [2.05, 4.69) is 359 Å². The number of para-hydroxylation sites is 6. The van der Waals surface area contributed by atoms with Crippen LogP contribution in [0, 0.1) is 0 Å². The molecular weight excluding hydrogens is 1280 g/mol. The molecule has 1 aliphatic carbocycles. The third-order valence-electron chi connectivity index (χ3n) is 21.9. The van der Waals surface area contributed by atoms with Gasteiger partial charge in [0, 0.05) is 88.4 Å². The molecule has 0 bridgehead atoms. The molecule has 21 aromatic rings. The number of aromatic nitrogens is 2. The Kier molecular flexibility index (Phi) is 13.1. The van der Waals surface area contributed by atoms with Gasteiger partial charge in [0.2, 0.25) is 0 Å². The minimum absolute atomic E-state index is 0.802. The van der Waals surface area contributed by atoms with E-state index in [1.807, 2.05) is 12.1 Å². The number of anilines is 6. The Morgan fingerprint density at radius 2 is 0.657 bits per heavy atom. The van der Waals surface area contributed by atoms with Gasteiger partial charge in [-0.2, -0.15) is 0 Å². The lowest BCUT2D eigenvalue weighted by molar-refractivity contribution is 0.667. The summed E-state index contributed by atoms with van der Waals surface area (Å²) in [5.74, 6) is 0. The molecule has 0 N–H and O–H groups in total. The molecule has 0 unspecified atom stereocenters. The first-order chi connectivity index (χ1) is 52.0. The number of rotatable bonds is 11. The highest BCUT2D eigenvalue weighted by Crippen LogP contribution is 2.50. The molecule has 1 aliphatic rings. The highest BCUT2D eigenvalue weighted by atomic mass is 16.3. The summed E-state index contributed by atoms with van der Waals surface area (Å²) in [4.78, 5) is 4.77. The van der Waals surface area contributed by atoms with Crippen LogP contribution in [-0.4, -0.2) is 9.13 Å². The van der Waals surface area contributed by atoms with E-state index in [1.165, 1.54) is 59.8 Å². The molecule has 492 valence electrons. The summed E-state index contributed by atoms with van der Waals surface area (Å²) in [6.45, 7) is 0. The number of hydrogen-bond acceptors (Lipinski definition) is 5. The summed E-state index contributed by atoms with van der Waals surface area (Å²) in [5.41, 5.74) is 24.7. The SMILES string of the molecule is C1=C(c2cc(-c3ccccc3)cc(N(c3ccc4c5cc6ccccc6cc5n(-c5ccccc5)c4c3)c3cccc4c3oc3ccccc34)c2)CCC(c2ccc3oc4c(N(c5ccc6c(c5)oc5ccccc56)c5ccc6c7cc8ccccc8cc7n(-c7ccccc7)c6c5)cccc4c3c2)=C1. The van der Waals surface area contributed by atoms with Crippen LogP contribution in [0.4, 0.5) is 34.1 Å². The quantitative estimate of drug-likeness (QED) is 0.129. The van der Waals surface area contributed by atoms with E-state index in [0.717, 1.165) is 163 Å². The van der Waals surface area contributed by atoms with Crippen LogP contribution in [0.5, 0.6) is 0 Å². The largest absolute Gasteiger partial charge is 0.456 e. The average molecular weight is 1340 g/mol. The molecule has 16 aromatic carbocycles. The van der Waals surface area contributed by atoms with Crippen molar-refractivity contribution in [2.45, 2.75) is 12.8 Å². The number of hydrogen-bond donors (Lipinski definition) is 0. The van der Waals surface area contributed by atoms with Crippen LogP contribution in [0.1, 0.15) is 24.0 Å². The summed E-state index contributed by atoms with van der Waals surface area (Å²) in [5, 5.41) is 16.0. The van der Waals surface area contributed by atoms with Crippen LogP contribution < -0.4 is 9.80 Å². The van der Waals surface area contributed by atoms with Crippen molar-refractivity contribution >= 4 is 176 Å². The van der Waals surface area contributed by atoms with Gasteiger partial charge in [-0.05, 0) is 207 Å². The minimum Gasteiger partial charge on any atom is -0.456 e. The summed E-state index contributed by atoms with van der Waals surface area (Å²) in [6.07, 6.45) is 6.38. The van der Waals surface area contributed by atoms with Crippen LogP contribution in [-0.2, 0) is 0 Å². The third-order valence-corrected chi connectivity index (χ3v) is 21.9. The molecule has 0 aliphatic heterocycles. The Morgan fingerprint density at radius 3 is 1.24 bits per heavy atom. The maximum Gasteiger partial charge on any atom is 0.159 e. The van der Waals surface area contributed by atoms with Gasteiger partial charge in [-0.3, -0.25) is 0 Å². The van der Waals surface area contributed by atoms with Gasteiger partial charge in [0.05, 0.1) is 39.1 Å². The maximum atomic E-state index is 7.18. The fourth-order valence-electron chi connectivity index (χ4n) is 17.0. The summed E-state index contributed by atoms with van der Waals surface area (Å²) in [6, 6.07) is 123. The Labute approximate surface area is 603 Å². The van der Waals surface area contributed by atoms with Crippen LogP contribution in [0.15, 0.2) is 365 Å². The Morgan fingerprint density at radius 1 is 0.229 bits per heavy atom. The van der Waals surface area contributed by atoms with E-state index >= 15 is 0 Å². The Bertz CT molecular complexity index is 7230. The first-order valence-electron chi connectivity index (χ1n) is 36.0. The molecule has 7 nitrogen and oxygen atoms in total. The molecular formula is C98H62N4O3. The normalized spacial score (nSPS) is 12.8. The van der Waals surface area contributed by atoms with Crippen LogP contribution >= 0.6 is 0 Å². The zero-order valence-corrected chi connectivity index (χ0v) is 56.9. The smallest absolute Gasteiger partial charge is 0.159 e. The van der Waals surface area contributed by atoms with Gasteiger partial charge >= 0.3 is 0 Å². The van der Waals surface area contributed by atoms with E-state index in [1.54, 1.807) is 0 Å². The van der Waals surface area contributed by atoms with Crippen molar-refractivity contribution in [2.24, 2.45) is 0 Å². The second kappa shape index (κ2) is 23.3. The van der Waals surface area contributed by atoms with Gasteiger partial charge in [0.25, 0.3) is 0 Å². The predicted molar refractivity (Wildman–Crippen MR) is 438 cm³/mol. The molecule has 5 aromatic heterocycles. The number of nitrogens with zero attached hydrogens (tertiary/aromatic N) is 4. The topological polar surface area (TPSA) is 55.8 Å². The average Bonchev–Trinajstić information content (AvgIpc) is 1.60. The lowest BCUT2D eigenvalue weighted by Gasteiger charge is -2.27. The Hall–Kier alpha value is -13.9. The van der Waals surface area contributed by atoms with E-state index in [0.29, 0.717) is 0 Å². The van der Waals surface area contributed by atoms with Gasteiger partial charge in [0.15, 0.2) is 11.2 Å². The second-order valence-electron chi connectivity index (χ2n) is 27.9. The highest BCUT2D eigenvalue weighted by Gasteiger charge is 2.27. The highest BCUT2D eigenvalue weighted by molar-refractivity contribution is 6.18. The maximum absolute atomic E-state index is 7.18. The van der Waals surface area contributed by atoms with Crippen LogP contribution in [0.3, 0.4) is 0 Å². The summed E-state index contributed by atoms with van der Waals surface area (Å²) < 4.78 is 25.7. The van der Waals surface area contributed by atoms with E-state index in [-0.39, 0.29) is 0 Å². The van der Waals surface area contributed by atoms with Crippen molar-refractivity contribution in [3.8, 4) is 22.5 Å². The van der Waals surface area contributed by atoms with Crippen molar-refractivity contribution in [3.05, 3.63) is 363 Å². The first kappa shape index (κ1) is 58.9. The number of allylic oxidation sites excluding steroid dienone is 4. The summed E-state index contributed by atoms with van der Waals surface area (Å²) in [7, 11) is 0. The molecule has 0 radical (unpaired) electrons. The van der Waals surface area contributed by atoms with Crippen molar-refractivity contribution in [1.29, 1.82) is 0 Å². The zero-order chi connectivity index (χ0) is 68.8. The lowest BCUT2D eigenvalue weighted by Crippen LogP contribution is -2.11. The first-order valence-corrected chi connectivity index (χ1v) is 36.0. The number of benzene rings is 16. The number of fused-ring (bicyclic) bond motifs is 17. The fourth-order valence-corrected chi connectivity index (χ4v) is 17.0. The van der Waals surface area contributed by atoms with Gasteiger partial charge in [-0.15, -0.1) is 0 Å². The van der Waals surface area contributed by atoms with Crippen LogP contribution in [0.25, 0.3) is 165 Å². The molecule has 0 saturated heterocycles. The molecule has 0 saturated carbocycles. The van der Waals surface area contributed by atoms with Crippen molar-refractivity contribution in [1.82, 2.24) is 9.13 Å². The molecule has 7 heteroatoms. The zero-order valence-electron chi connectivity index (χ0n) is 56.9. The molecule has 0 amide bonds. The van der Waals surface area contributed by atoms with E-state index < -0.39 is 0 Å². The van der Waals surface area contributed by atoms with Gasteiger partial charge in [-0.1, -0.05) is 206 Å². The lowest BCUT2D eigenvalue weighted by atomic mass is 9.88. The second-order valence-corrected chi connectivity index (χ2v) is 27.9. The minimum atomic E-state index is 0.802. The molecule has 22 rings (SSSR count).